The molecular formula is C13H22N2. The SMILES string of the molecule is CNC(CCc1ccccn1)C(C)(C)C. The molecule has 84 valence electrons. The molecule has 0 aliphatic rings. The number of pyridine rings is 1. The zero-order valence-electron chi connectivity index (χ0n) is 10.2. The summed E-state index contributed by atoms with van der Waals surface area (Å²) in [4.78, 5) is 4.34. The summed E-state index contributed by atoms with van der Waals surface area (Å²) in [6.07, 6.45) is 4.04. The lowest BCUT2D eigenvalue weighted by Crippen LogP contribution is -2.38. The highest BCUT2D eigenvalue weighted by atomic mass is 14.9. The van der Waals surface area contributed by atoms with Crippen molar-refractivity contribution in [1.82, 2.24) is 10.3 Å². The quantitative estimate of drug-likeness (QED) is 0.819. The molecule has 0 bridgehead atoms. The van der Waals surface area contributed by atoms with Crippen LogP contribution in [0, 0.1) is 5.41 Å². The van der Waals surface area contributed by atoms with Crippen LogP contribution in [0.2, 0.25) is 0 Å². The molecule has 0 aliphatic heterocycles. The molecule has 0 aromatic carbocycles. The Labute approximate surface area is 93.1 Å². The number of nitrogens with zero attached hydrogens (tertiary/aromatic N) is 1. The maximum Gasteiger partial charge on any atom is 0.0404 e. The van der Waals surface area contributed by atoms with E-state index in [1.807, 2.05) is 25.4 Å². The molecule has 0 amide bonds. The zero-order chi connectivity index (χ0) is 11.3. The van der Waals surface area contributed by atoms with Crippen molar-refractivity contribution in [2.24, 2.45) is 5.41 Å². The van der Waals surface area contributed by atoms with E-state index in [1.165, 1.54) is 5.69 Å². The van der Waals surface area contributed by atoms with E-state index in [4.69, 9.17) is 0 Å². The van der Waals surface area contributed by atoms with Gasteiger partial charge in [-0.2, -0.15) is 0 Å². The van der Waals surface area contributed by atoms with Gasteiger partial charge in [-0.1, -0.05) is 26.8 Å². The molecule has 2 heteroatoms. The fraction of sp³-hybridized carbons (Fsp3) is 0.615. The Hall–Kier alpha value is -0.890. The lowest BCUT2D eigenvalue weighted by Gasteiger charge is -2.30. The first-order valence-corrected chi connectivity index (χ1v) is 5.61. The number of nitrogens with one attached hydrogen (secondary N) is 1. The second-order valence-corrected chi connectivity index (χ2v) is 5.07. The molecule has 0 saturated carbocycles. The summed E-state index contributed by atoms with van der Waals surface area (Å²) >= 11 is 0. The van der Waals surface area contributed by atoms with Gasteiger partial charge in [0.05, 0.1) is 0 Å². The third-order valence-electron chi connectivity index (χ3n) is 2.81. The molecule has 1 aromatic rings. The maximum absolute atomic E-state index is 4.34. The number of aromatic nitrogens is 1. The fourth-order valence-corrected chi connectivity index (χ4v) is 1.85. The van der Waals surface area contributed by atoms with Crippen LogP contribution in [0.15, 0.2) is 24.4 Å². The average Bonchev–Trinajstić information content (AvgIpc) is 2.18. The highest BCUT2D eigenvalue weighted by Gasteiger charge is 2.22. The van der Waals surface area contributed by atoms with E-state index < -0.39 is 0 Å². The van der Waals surface area contributed by atoms with E-state index in [1.54, 1.807) is 0 Å². The minimum Gasteiger partial charge on any atom is -0.316 e. The Kier molecular flexibility index (Phi) is 4.28. The maximum atomic E-state index is 4.34. The van der Waals surface area contributed by atoms with E-state index in [9.17, 15) is 0 Å². The van der Waals surface area contributed by atoms with Crippen LogP contribution in [0.4, 0.5) is 0 Å². The minimum absolute atomic E-state index is 0.309. The molecule has 1 rings (SSSR count). The van der Waals surface area contributed by atoms with Crippen LogP contribution in [-0.4, -0.2) is 18.1 Å². The monoisotopic (exact) mass is 206 g/mol. The Morgan fingerprint density at radius 2 is 2.07 bits per heavy atom. The van der Waals surface area contributed by atoms with Gasteiger partial charge in [-0.15, -0.1) is 0 Å². The molecule has 0 spiro atoms. The number of rotatable bonds is 4. The molecule has 0 fully saturated rings. The van der Waals surface area contributed by atoms with Crippen molar-refractivity contribution in [3.8, 4) is 0 Å². The van der Waals surface area contributed by atoms with Crippen LogP contribution < -0.4 is 5.32 Å². The van der Waals surface area contributed by atoms with Gasteiger partial charge in [0.2, 0.25) is 0 Å². The first kappa shape index (κ1) is 12.2. The van der Waals surface area contributed by atoms with Crippen molar-refractivity contribution < 1.29 is 0 Å². The van der Waals surface area contributed by atoms with Crippen LogP contribution in [-0.2, 0) is 6.42 Å². The van der Waals surface area contributed by atoms with Crippen LogP contribution in [0.25, 0.3) is 0 Å². The van der Waals surface area contributed by atoms with Gasteiger partial charge in [0.1, 0.15) is 0 Å². The number of hydrogen-bond acceptors (Lipinski definition) is 2. The summed E-state index contributed by atoms with van der Waals surface area (Å²) in [7, 11) is 2.04. The van der Waals surface area contributed by atoms with Crippen molar-refractivity contribution in [2.75, 3.05) is 7.05 Å². The lowest BCUT2D eigenvalue weighted by atomic mass is 9.84. The lowest BCUT2D eigenvalue weighted by molar-refractivity contribution is 0.267. The first-order chi connectivity index (χ1) is 7.04. The normalized spacial score (nSPS) is 13.9. The summed E-state index contributed by atoms with van der Waals surface area (Å²) in [5.41, 5.74) is 1.49. The van der Waals surface area contributed by atoms with E-state index >= 15 is 0 Å². The molecule has 15 heavy (non-hydrogen) atoms. The second-order valence-electron chi connectivity index (χ2n) is 5.07. The summed E-state index contributed by atoms with van der Waals surface area (Å²) in [5.74, 6) is 0. The van der Waals surface area contributed by atoms with Crippen LogP contribution >= 0.6 is 0 Å². The molecule has 1 aromatic heterocycles. The van der Waals surface area contributed by atoms with Gasteiger partial charge in [-0.3, -0.25) is 4.98 Å². The minimum atomic E-state index is 0.309. The van der Waals surface area contributed by atoms with Crippen LogP contribution in [0.3, 0.4) is 0 Å². The van der Waals surface area contributed by atoms with Gasteiger partial charge in [-0.25, -0.2) is 0 Å². The highest BCUT2D eigenvalue weighted by Crippen LogP contribution is 2.22. The molecular weight excluding hydrogens is 184 g/mol. The zero-order valence-corrected chi connectivity index (χ0v) is 10.2. The summed E-state index contributed by atoms with van der Waals surface area (Å²) < 4.78 is 0. The summed E-state index contributed by atoms with van der Waals surface area (Å²) in [6.45, 7) is 6.81. The molecule has 0 aliphatic carbocycles. The Morgan fingerprint density at radius 1 is 1.33 bits per heavy atom. The van der Waals surface area contributed by atoms with Gasteiger partial charge in [0, 0.05) is 17.9 Å². The highest BCUT2D eigenvalue weighted by molar-refractivity contribution is 5.04. The van der Waals surface area contributed by atoms with Gasteiger partial charge in [0.25, 0.3) is 0 Å². The van der Waals surface area contributed by atoms with Crippen molar-refractivity contribution in [2.45, 2.75) is 39.7 Å². The molecule has 0 saturated heterocycles. The first-order valence-electron chi connectivity index (χ1n) is 5.61. The third kappa shape index (κ3) is 4.00. The van der Waals surface area contributed by atoms with E-state index in [0.717, 1.165) is 12.8 Å². The fourth-order valence-electron chi connectivity index (χ4n) is 1.85. The number of hydrogen-bond donors (Lipinski definition) is 1. The van der Waals surface area contributed by atoms with Crippen molar-refractivity contribution in [1.29, 1.82) is 0 Å². The van der Waals surface area contributed by atoms with Crippen LogP contribution in [0.1, 0.15) is 32.9 Å². The van der Waals surface area contributed by atoms with Gasteiger partial charge in [0.15, 0.2) is 0 Å². The third-order valence-corrected chi connectivity index (χ3v) is 2.81. The molecule has 1 unspecified atom stereocenters. The van der Waals surface area contributed by atoms with Crippen molar-refractivity contribution in [3.05, 3.63) is 30.1 Å². The summed E-state index contributed by atoms with van der Waals surface area (Å²) in [5, 5.41) is 3.38. The van der Waals surface area contributed by atoms with E-state index in [2.05, 4.69) is 37.1 Å². The topological polar surface area (TPSA) is 24.9 Å². The predicted octanol–water partition coefficient (Wildman–Crippen LogP) is 2.65. The number of aryl methyl sites for hydroxylation is 1. The summed E-state index contributed by atoms with van der Waals surface area (Å²) in [6, 6.07) is 6.64. The smallest absolute Gasteiger partial charge is 0.0404 e. The molecule has 1 heterocycles. The molecule has 1 N–H and O–H groups in total. The van der Waals surface area contributed by atoms with Crippen molar-refractivity contribution in [3.63, 3.8) is 0 Å². The molecule has 1 atom stereocenters. The van der Waals surface area contributed by atoms with Gasteiger partial charge < -0.3 is 5.32 Å². The largest absolute Gasteiger partial charge is 0.316 e. The standard InChI is InChI=1S/C13H22N2/c1-13(2,3)12(14-4)9-8-11-7-5-6-10-15-11/h5-7,10,12,14H,8-9H2,1-4H3. The molecule has 0 radical (unpaired) electrons. The van der Waals surface area contributed by atoms with E-state index in [0.29, 0.717) is 11.5 Å². The van der Waals surface area contributed by atoms with Gasteiger partial charge >= 0.3 is 0 Å². The Balaban J connectivity index is 2.49. The Bertz CT molecular complexity index is 274. The van der Waals surface area contributed by atoms with Crippen molar-refractivity contribution >= 4 is 0 Å². The molecule has 2 nitrogen and oxygen atoms in total. The van der Waals surface area contributed by atoms with Crippen LogP contribution in [0.5, 0.6) is 0 Å². The predicted molar refractivity (Wildman–Crippen MR) is 64.9 cm³/mol. The average molecular weight is 206 g/mol. The second kappa shape index (κ2) is 5.26. The van der Waals surface area contributed by atoms with E-state index in [-0.39, 0.29) is 0 Å². The Morgan fingerprint density at radius 3 is 2.53 bits per heavy atom. The van der Waals surface area contributed by atoms with Gasteiger partial charge in [-0.05, 0) is 37.4 Å².